The summed E-state index contributed by atoms with van der Waals surface area (Å²) in [5.74, 6) is -1.17. The molecule has 1 amide bonds. The number of amides is 1. The number of ether oxygens (including phenoxy) is 1. The van der Waals surface area contributed by atoms with E-state index in [4.69, 9.17) is 4.74 Å². The molecule has 30 heavy (non-hydrogen) atoms. The number of nitrogens with zero attached hydrogens (tertiary/aromatic N) is 1. The number of methoxy groups -OCH3 is 1. The fraction of sp³-hybridized carbons (Fsp3) is 0.385. The lowest BCUT2D eigenvalue weighted by Gasteiger charge is -2.40. The highest BCUT2D eigenvalue weighted by molar-refractivity contribution is 5.86. The van der Waals surface area contributed by atoms with Gasteiger partial charge in [0.25, 0.3) is 0 Å². The SMILES string of the molecule is COC(=O)[C@@H]1CC(C)=CC[C@@H]1C(=O)N([C@H](C)c1ccccc1)[C@H](C)c1ccccc1. The van der Waals surface area contributed by atoms with Gasteiger partial charge in [-0.25, -0.2) is 0 Å². The zero-order valence-electron chi connectivity index (χ0n) is 18.2. The summed E-state index contributed by atoms with van der Waals surface area (Å²) in [4.78, 5) is 28.4. The van der Waals surface area contributed by atoms with Crippen molar-refractivity contribution in [2.24, 2.45) is 11.8 Å². The number of rotatable bonds is 6. The Morgan fingerprint density at radius 3 is 1.87 bits per heavy atom. The molecule has 0 unspecified atom stereocenters. The second-order valence-corrected chi connectivity index (χ2v) is 8.15. The molecule has 1 aliphatic carbocycles. The summed E-state index contributed by atoms with van der Waals surface area (Å²) < 4.78 is 5.05. The summed E-state index contributed by atoms with van der Waals surface area (Å²) in [5.41, 5.74) is 3.28. The maximum absolute atomic E-state index is 14.0. The van der Waals surface area contributed by atoms with E-state index in [0.29, 0.717) is 12.8 Å². The van der Waals surface area contributed by atoms with E-state index in [0.717, 1.165) is 16.7 Å². The molecule has 0 aliphatic heterocycles. The molecule has 158 valence electrons. The number of benzene rings is 2. The van der Waals surface area contributed by atoms with Gasteiger partial charge in [0.05, 0.1) is 31.0 Å². The van der Waals surface area contributed by atoms with Crippen LogP contribution in [0.1, 0.15) is 56.8 Å². The Labute approximate surface area is 179 Å². The van der Waals surface area contributed by atoms with Crippen molar-refractivity contribution >= 4 is 11.9 Å². The van der Waals surface area contributed by atoms with E-state index in [9.17, 15) is 9.59 Å². The van der Waals surface area contributed by atoms with Crippen LogP contribution >= 0.6 is 0 Å². The van der Waals surface area contributed by atoms with Crippen LogP contribution in [-0.4, -0.2) is 23.9 Å². The molecule has 4 heteroatoms. The number of allylic oxidation sites excluding steroid dienone is 2. The zero-order valence-corrected chi connectivity index (χ0v) is 18.2. The summed E-state index contributed by atoms with van der Waals surface area (Å²) in [6.45, 7) is 6.13. The lowest BCUT2D eigenvalue weighted by atomic mass is 9.78. The van der Waals surface area contributed by atoms with E-state index in [1.54, 1.807) is 0 Å². The molecule has 4 atom stereocenters. The van der Waals surface area contributed by atoms with Gasteiger partial charge in [-0.3, -0.25) is 9.59 Å². The van der Waals surface area contributed by atoms with Crippen LogP contribution in [0.3, 0.4) is 0 Å². The van der Waals surface area contributed by atoms with E-state index in [-0.39, 0.29) is 24.0 Å². The first-order valence-corrected chi connectivity index (χ1v) is 10.6. The van der Waals surface area contributed by atoms with Crippen LogP contribution in [0.25, 0.3) is 0 Å². The number of hydrogen-bond acceptors (Lipinski definition) is 3. The van der Waals surface area contributed by atoms with E-state index in [2.05, 4.69) is 19.9 Å². The molecule has 0 radical (unpaired) electrons. The first kappa shape index (κ1) is 21.8. The predicted molar refractivity (Wildman–Crippen MR) is 119 cm³/mol. The van der Waals surface area contributed by atoms with Crippen molar-refractivity contribution < 1.29 is 14.3 Å². The normalized spacial score (nSPS) is 20.6. The zero-order chi connectivity index (χ0) is 21.7. The van der Waals surface area contributed by atoms with Crippen LogP contribution in [0.4, 0.5) is 0 Å². The van der Waals surface area contributed by atoms with Crippen molar-refractivity contribution in [2.75, 3.05) is 7.11 Å². The van der Waals surface area contributed by atoms with Gasteiger partial charge in [-0.1, -0.05) is 72.3 Å². The van der Waals surface area contributed by atoms with Crippen molar-refractivity contribution in [3.05, 3.63) is 83.4 Å². The largest absolute Gasteiger partial charge is 0.469 e. The molecule has 0 aromatic heterocycles. The predicted octanol–water partition coefficient (Wildman–Crippen LogP) is 5.48. The molecule has 0 heterocycles. The standard InChI is InChI=1S/C26H31NO3/c1-18-15-16-23(24(17-18)26(29)30-4)25(28)27(19(2)21-11-7-5-8-12-21)20(3)22-13-9-6-10-14-22/h5-15,19-20,23-24H,16-17H2,1-4H3/t19-,20-,23+,24-/m1/s1. The fourth-order valence-electron chi connectivity index (χ4n) is 4.43. The van der Waals surface area contributed by atoms with Crippen LogP contribution in [0.5, 0.6) is 0 Å². The average Bonchev–Trinajstić information content (AvgIpc) is 2.79. The van der Waals surface area contributed by atoms with Gasteiger partial charge in [0.15, 0.2) is 0 Å². The number of hydrogen-bond donors (Lipinski definition) is 0. The average molecular weight is 406 g/mol. The topological polar surface area (TPSA) is 46.6 Å². The number of esters is 1. The lowest BCUT2D eigenvalue weighted by molar-refractivity contribution is -0.155. The third-order valence-corrected chi connectivity index (χ3v) is 6.22. The first-order chi connectivity index (χ1) is 14.4. The summed E-state index contributed by atoms with van der Waals surface area (Å²) >= 11 is 0. The van der Waals surface area contributed by atoms with Gasteiger partial charge < -0.3 is 9.64 Å². The van der Waals surface area contributed by atoms with Gasteiger partial charge >= 0.3 is 5.97 Å². The van der Waals surface area contributed by atoms with Crippen molar-refractivity contribution in [1.29, 1.82) is 0 Å². The minimum atomic E-state index is -0.444. The molecular formula is C26H31NO3. The quantitative estimate of drug-likeness (QED) is 0.472. The monoisotopic (exact) mass is 405 g/mol. The van der Waals surface area contributed by atoms with E-state index in [1.807, 2.05) is 72.5 Å². The third-order valence-electron chi connectivity index (χ3n) is 6.22. The minimum absolute atomic E-state index is 0.00172. The molecule has 1 aliphatic rings. The molecule has 0 saturated heterocycles. The van der Waals surface area contributed by atoms with Crippen molar-refractivity contribution in [2.45, 2.75) is 45.7 Å². The Balaban J connectivity index is 2.00. The Bertz CT molecular complexity index is 846. The van der Waals surface area contributed by atoms with Gasteiger partial charge in [0.2, 0.25) is 5.91 Å². The van der Waals surface area contributed by atoms with Crippen molar-refractivity contribution in [1.82, 2.24) is 4.90 Å². The number of carbonyl (C=O) groups excluding carboxylic acids is 2. The van der Waals surface area contributed by atoms with E-state index >= 15 is 0 Å². The van der Waals surface area contributed by atoms with Gasteiger partial charge in [-0.15, -0.1) is 0 Å². The second-order valence-electron chi connectivity index (χ2n) is 8.15. The molecule has 0 N–H and O–H groups in total. The Hall–Kier alpha value is -2.88. The molecule has 4 nitrogen and oxygen atoms in total. The van der Waals surface area contributed by atoms with Crippen LogP contribution in [0.2, 0.25) is 0 Å². The van der Waals surface area contributed by atoms with Crippen LogP contribution in [0.15, 0.2) is 72.3 Å². The highest BCUT2D eigenvalue weighted by Gasteiger charge is 2.41. The van der Waals surface area contributed by atoms with Gasteiger partial charge in [0.1, 0.15) is 0 Å². The third kappa shape index (κ3) is 4.64. The second kappa shape index (κ2) is 9.75. The molecule has 0 spiro atoms. The summed E-state index contributed by atoms with van der Waals surface area (Å²) in [6.07, 6.45) is 3.21. The maximum Gasteiger partial charge on any atom is 0.309 e. The van der Waals surface area contributed by atoms with Crippen LogP contribution in [-0.2, 0) is 14.3 Å². The molecule has 2 aromatic carbocycles. The van der Waals surface area contributed by atoms with Gasteiger partial charge in [-0.05, 0) is 44.7 Å². The van der Waals surface area contributed by atoms with Crippen LogP contribution in [0, 0.1) is 11.8 Å². The fourth-order valence-corrected chi connectivity index (χ4v) is 4.43. The molecule has 2 aromatic rings. The minimum Gasteiger partial charge on any atom is -0.469 e. The van der Waals surface area contributed by atoms with E-state index in [1.165, 1.54) is 7.11 Å². The van der Waals surface area contributed by atoms with Gasteiger partial charge in [-0.2, -0.15) is 0 Å². The van der Waals surface area contributed by atoms with E-state index < -0.39 is 11.8 Å². The highest BCUT2D eigenvalue weighted by atomic mass is 16.5. The summed E-state index contributed by atoms with van der Waals surface area (Å²) in [5, 5.41) is 0. The maximum atomic E-state index is 14.0. The van der Waals surface area contributed by atoms with Crippen molar-refractivity contribution in [3.63, 3.8) is 0 Å². The molecule has 0 bridgehead atoms. The lowest BCUT2D eigenvalue weighted by Crippen LogP contribution is -2.44. The highest BCUT2D eigenvalue weighted by Crippen LogP contribution is 2.38. The number of carbonyl (C=O) groups is 2. The van der Waals surface area contributed by atoms with Gasteiger partial charge in [0, 0.05) is 0 Å². The summed E-state index contributed by atoms with van der Waals surface area (Å²) in [6, 6.07) is 19.9. The summed E-state index contributed by atoms with van der Waals surface area (Å²) in [7, 11) is 1.40. The molecular weight excluding hydrogens is 374 g/mol. The first-order valence-electron chi connectivity index (χ1n) is 10.6. The Kier molecular flexibility index (Phi) is 7.09. The van der Waals surface area contributed by atoms with Crippen molar-refractivity contribution in [3.8, 4) is 0 Å². The Morgan fingerprint density at radius 1 is 0.900 bits per heavy atom. The molecule has 3 rings (SSSR count). The molecule has 0 fully saturated rings. The molecule has 0 saturated carbocycles. The Morgan fingerprint density at radius 2 is 1.40 bits per heavy atom. The smallest absolute Gasteiger partial charge is 0.309 e. The van der Waals surface area contributed by atoms with Crippen LogP contribution < -0.4 is 0 Å².